The molecule has 4 heteroatoms. The average Bonchev–Trinajstić information content (AvgIpc) is 2.29. The van der Waals surface area contributed by atoms with E-state index in [4.69, 9.17) is 16.3 Å². The first kappa shape index (κ1) is 11.9. The molecule has 0 fully saturated rings. The fourth-order valence-electron chi connectivity index (χ4n) is 1.51. The van der Waals surface area contributed by atoms with E-state index in [9.17, 15) is 0 Å². The zero-order valence-corrected chi connectivity index (χ0v) is 10.5. The van der Waals surface area contributed by atoms with Gasteiger partial charge in [-0.05, 0) is 26.0 Å². The molecule has 0 radical (unpaired) electrons. The lowest BCUT2D eigenvalue weighted by Gasteiger charge is -2.13. The predicted octanol–water partition coefficient (Wildman–Crippen LogP) is 3.58. The van der Waals surface area contributed by atoms with Crippen LogP contribution in [0, 0.1) is 0 Å². The van der Waals surface area contributed by atoms with E-state index >= 15 is 0 Å². The summed E-state index contributed by atoms with van der Waals surface area (Å²) in [5, 5.41) is 0.377. The molecule has 0 N–H and O–H groups in total. The van der Waals surface area contributed by atoms with E-state index in [1.165, 1.54) is 6.20 Å². The van der Waals surface area contributed by atoms with Gasteiger partial charge in [0.1, 0.15) is 10.9 Å². The molecule has 0 atom stereocenters. The van der Waals surface area contributed by atoms with Crippen LogP contribution in [0.2, 0.25) is 5.15 Å². The Bertz CT molecular complexity index is 514. The van der Waals surface area contributed by atoms with Gasteiger partial charge >= 0.3 is 0 Å². The minimum absolute atomic E-state index is 0.114. The third-order valence-electron chi connectivity index (χ3n) is 2.13. The van der Waals surface area contributed by atoms with E-state index in [1.54, 1.807) is 6.20 Å². The first-order valence-electron chi connectivity index (χ1n) is 5.40. The van der Waals surface area contributed by atoms with Gasteiger partial charge in [-0.1, -0.05) is 23.7 Å². The Morgan fingerprint density at radius 2 is 1.94 bits per heavy atom. The molecule has 88 valence electrons. The van der Waals surface area contributed by atoms with Gasteiger partial charge in [-0.25, -0.2) is 4.98 Å². The number of hydrogen-bond donors (Lipinski definition) is 0. The molecule has 1 aromatic carbocycles. The molecule has 0 aliphatic heterocycles. The van der Waals surface area contributed by atoms with Crippen LogP contribution in [0.3, 0.4) is 0 Å². The second-order valence-corrected chi connectivity index (χ2v) is 4.28. The number of rotatable bonds is 3. The van der Waals surface area contributed by atoms with Gasteiger partial charge in [0, 0.05) is 5.56 Å². The highest BCUT2D eigenvalue weighted by Crippen LogP contribution is 2.29. The SMILES string of the molecule is CC(C)Oc1ccccc1-c1cncc(Cl)n1. The maximum atomic E-state index is 5.84. The molecule has 3 nitrogen and oxygen atoms in total. The predicted molar refractivity (Wildman–Crippen MR) is 68.2 cm³/mol. The molecule has 0 amide bonds. The molecule has 0 bridgehead atoms. The molecule has 2 rings (SSSR count). The lowest BCUT2D eigenvalue weighted by molar-refractivity contribution is 0.243. The van der Waals surface area contributed by atoms with Crippen molar-refractivity contribution in [2.45, 2.75) is 20.0 Å². The molecule has 0 saturated heterocycles. The highest BCUT2D eigenvalue weighted by atomic mass is 35.5. The molecule has 1 aromatic heterocycles. The van der Waals surface area contributed by atoms with Crippen molar-refractivity contribution in [2.75, 3.05) is 0 Å². The summed E-state index contributed by atoms with van der Waals surface area (Å²) in [4.78, 5) is 8.27. The molecule has 0 aliphatic carbocycles. The van der Waals surface area contributed by atoms with E-state index in [0.717, 1.165) is 11.3 Å². The fourth-order valence-corrected chi connectivity index (χ4v) is 1.65. The number of benzene rings is 1. The molecule has 17 heavy (non-hydrogen) atoms. The summed E-state index contributed by atoms with van der Waals surface area (Å²) in [7, 11) is 0. The van der Waals surface area contributed by atoms with Crippen LogP contribution in [0.1, 0.15) is 13.8 Å². The maximum Gasteiger partial charge on any atom is 0.148 e. The Hall–Kier alpha value is -1.61. The van der Waals surface area contributed by atoms with Crippen LogP contribution in [0.25, 0.3) is 11.3 Å². The van der Waals surface area contributed by atoms with Crippen molar-refractivity contribution in [1.29, 1.82) is 0 Å². The number of halogens is 1. The van der Waals surface area contributed by atoms with Crippen LogP contribution < -0.4 is 4.74 Å². The first-order valence-corrected chi connectivity index (χ1v) is 5.78. The lowest BCUT2D eigenvalue weighted by atomic mass is 10.1. The molecule has 2 aromatic rings. The topological polar surface area (TPSA) is 35.0 Å². The molecular weight excluding hydrogens is 236 g/mol. The summed E-state index contributed by atoms with van der Waals surface area (Å²) in [6, 6.07) is 7.72. The van der Waals surface area contributed by atoms with Crippen molar-refractivity contribution in [2.24, 2.45) is 0 Å². The second kappa shape index (κ2) is 5.15. The summed E-state index contributed by atoms with van der Waals surface area (Å²) in [5.41, 5.74) is 1.62. The van der Waals surface area contributed by atoms with Crippen LogP contribution >= 0.6 is 11.6 Å². The van der Waals surface area contributed by atoms with Gasteiger partial charge in [-0.2, -0.15) is 0 Å². The van der Waals surface area contributed by atoms with Gasteiger partial charge in [0.15, 0.2) is 0 Å². The summed E-state index contributed by atoms with van der Waals surface area (Å²) < 4.78 is 5.73. The van der Waals surface area contributed by atoms with Crippen molar-refractivity contribution in [1.82, 2.24) is 9.97 Å². The highest BCUT2D eigenvalue weighted by Gasteiger charge is 2.09. The monoisotopic (exact) mass is 248 g/mol. The van der Waals surface area contributed by atoms with Crippen molar-refractivity contribution in [3.63, 3.8) is 0 Å². The number of aromatic nitrogens is 2. The average molecular weight is 249 g/mol. The lowest BCUT2D eigenvalue weighted by Crippen LogP contribution is -2.06. The molecule has 0 aliphatic rings. The Kier molecular flexibility index (Phi) is 3.59. The number of para-hydroxylation sites is 1. The van der Waals surface area contributed by atoms with E-state index in [-0.39, 0.29) is 6.10 Å². The van der Waals surface area contributed by atoms with Crippen molar-refractivity contribution < 1.29 is 4.74 Å². The molecule has 0 saturated carbocycles. The van der Waals surface area contributed by atoms with Gasteiger partial charge in [-0.15, -0.1) is 0 Å². The van der Waals surface area contributed by atoms with E-state index < -0.39 is 0 Å². The summed E-state index contributed by atoms with van der Waals surface area (Å²) in [5.74, 6) is 0.791. The van der Waals surface area contributed by atoms with Crippen LogP contribution in [0.4, 0.5) is 0 Å². The van der Waals surface area contributed by atoms with Gasteiger partial charge in [0.2, 0.25) is 0 Å². The van der Waals surface area contributed by atoms with Gasteiger partial charge in [-0.3, -0.25) is 4.98 Å². The molecular formula is C13H13ClN2O. The van der Waals surface area contributed by atoms with E-state index in [0.29, 0.717) is 10.8 Å². The minimum atomic E-state index is 0.114. The van der Waals surface area contributed by atoms with E-state index in [1.807, 2.05) is 38.1 Å². The zero-order chi connectivity index (χ0) is 12.3. The Balaban J connectivity index is 2.44. The van der Waals surface area contributed by atoms with Crippen molar-refractivity contribution in [3.8, 4) is 17.0 Å². The number of nitrogens with zero attached hydrogens (tertiary/aromatic N) is 2. The third kappa shape index (κ3) is 2.94. The number of ether oxygens (including phenoxy) is 1. The maximum absolute atomic E-state index is 5.84. The zero-order valence-electron chi connectivity index (χ0n) is 9.72. The Labute approximate surface area is 105 Å². The fraction of sp³-hybridized carbons (Fsp3) is 0.231. The first-order chi connectivity index (χ1) is 8.16. The Morgan fingerprint density at radius 3 is 2.65 bits per heavy atom. The van der Waals surface area contributed by atoms with E-state index in [2.05, 4.69) is 9.97 Å². The molecule has 0 spiro atoms. The highest BCUT2D eigenvalue weighted by molar-refractivity contribution is 6.29. The quantitative estimate of drug-likeness (QED) is 0.833. The molecule has 1 heterocycles. The van der Waals surface area contributed by atoms with Crippen molar-refractivity contribution >= 4 is 11.6 Å². The molecule has 0 unspecified atom stereocenters. The smallest absolute Gasteiger partial charge is 0.148 e. The minimum Gasteiger partial charge on any atom is -0.490 e. The Morgan fingerprint density at radius 1 is 1.18 bits per heavy atom. The standard InChI is InChI=1S/C13H13ClN2O/c1-9(2)17-12-6-4-3-5-10(12)11-7-15-8-13(14)16-11/h3-9H,1-2H3. The summed E-state index contributed by atoms with van der Waals surface area (Å²) >= 11 is 5.84. The van der Waals surface area contributed by atoms with Gasteiger partial charge in [0.25, 0.3) is 0 Å². The normalized spacial score (nSPS) is 10.6. The van der Waals surface area contributed by atoms with Crippen molar-refractivity contribution in [3.05, 3.63) is 41.8 Å². The van der Waals surface area contributed by atoms with Gasteiger partial charge in [0.05, 0.1) is 24.2 Å². The largest absolute Gasteiger partial charge is 0.490 e. The number of hydrogen-bond acceptors (Lipinski definition) is 3. The van der Waals surface area contributed by atoms with Crippen LogP contribution in [0.5, 0.6) is 5.75 Å². The van der Waals surface area contributed by atoms with Crippen LogP contribution in [-0.2, 0) is 0 Å². The summed E-state index contributed by atoms with van der Waals surface area (Å²) in [6.45, 7) is 3.97. The van der Waals surface area contributed by atoms with Crippen LogP contribution in [-0.4, -0.2) is 16.1 Å². The van der Waals surface area contributed by atoms with Crippen LogP contribution in [0.15, 0.2) is 36.7 Å². The van der Waals surface area contributed by atoms with Gasteiger partial charge < -0.3 is 4.74 Å². The second-order valence-electron chi connectivity index (χ2n) is 3.89. The summed E-state index contributed by atoms with van der Waals surface area (Å²) in [6.07, 6.45) is 3.30. The third-order valence-corrected chi connectivity index (χ3v) is 2.31.